The number of aryl methyl sites for hydroxylation is 1. The average Bonchev–Trinajstić information content (AvgIpc) is 3.22. The summed E-state index contributed by atoms with van der Waals surface area (Å²) in [5.74, 6) is 1.06. The van der Waals surface area contributed by atoms with Crippen LogP contribution >= 0.6 is 0 Å². The van der Waals surface area contributed by atoms with E-state index in [4.69, 9.17) is 0 Å². The zero-order valence-corrected chi connectivity index (χ0v) is 12.2. The summed E-state index contributed by atoms with van der Waals surface area (Å²) in [5, 5.41) is 3.00. The van der Waals surface area contributed by atoms with Crippen molar-refractivity contribution in [3.8, 4) is 0 Å². The summed E-state index contributed by atoms with van der Waals surface area (Å²) in [4.78, 5) is 23.3. The minimum atomic E-state index is -0.0524. The fourth-order valence-corrected chi connectivity index (χ4v) is 2.81. The zero-order valence-electron chi connectivity index (χ0n) is 12.2. The van der Waals surface area contributed by atoms with E-state index in [-0.39, 0.29) is 5.91 Å². The van der Waals surface area contributed by atoms with Crippen LogP contribution in [-0.4, -0.2) is 47.0 Å². The molecule has 1 N–H and O–H groups in total. The van der Waals surface area contributed by atoms with E-state index in [1.54, 1.807) is 0 Å². The highest BCUT2D eigenvalue weighted by molar-refractivity contribution is 5.92. The SMILES string of the molecule is Cc1nc(C(=O)NC2CC2)cc([C@H]2CCCN(C)C2)n1. The standard InChI is InChI=1S/C15H22N4O/c1-10-16-13(11-4-3-7-19(2)9-11)8-14(17-10)15(20)18-12-5-6-12/h8,11-12H,3-7,9H2,1-2H3,(H,18,20)/t11-/m0/s1. The van der Waals surface area contributed by atoms with Gasteiger partial charge in [0.05, 0.1) is 0 Å². The van der Waals surface area contributed by atoms with Crippen molar-refractivity contribution in [2.45, 2.75) is 44.6 Å². The Bertz CT molecular complexity index is 513. The van der Waals surface area contributed by atoms with E-state index in [9.17, 15) is 4.79 Å². The van der Waals surface area contributed by atoms with E-state index in [1.807, 2.05) is 13.0 Å². The third kappa shape index (κ3) is 3.15. The number of carbonyl (C=O) groups excluding carboxylic acids is 1. The molecule has 2 fully saturated rings. The molecule has 2 heterocycles. The number of nitrogens with one attached hydrogen (secondary N) is 1. The molecule has 0 spiro atoms. The van der Waals surface area contributed by atoms with Crippen molar-refractivity contribution in [3.63, 3.8) is 0 Å². The van der Waals surface area contributed by atoms with Crippen LogP contribution in [0.25, 0.3) is 0 Å². The highest BCUT2D eigenvalue weighted by atomic mass is 16.2. The van der Waals surface area contributed by atoms with E-state index >= 15 is 0 Å². The molecule has 1 aromatic rings. The summed E-state index contributed by atoms with van der Waals surface area (Å²) < 4.78 is 0. The van der Waals surface area contributed by atoms with E-state index in [2.05, 4.69) is 27.2 Å². The largest absolute Gasteiger partial charge is 0.348 e. The van der Waals surface area contributed by atoms with Crippen LogP contribution in [0.2, 0.25) is 0 Å². The first kappa shape index (κ1) is 13.5. The van der Waals surface area contributed by atoms with Crippen LogP contribution in [0.1, 0.15) is 53.6 Å². The molecule has 20 heavy (non-hydrogen) atoms. The van der Waals surface area contributed by atoms with Crippen LogP contribution in [0.3, 0.4) is 0 Å². The average molecular weight is 274 g/mol. The molecule has 0 bridgehead atoms. The van der Waals surface area contributed by atoms with Crippen LogP contribution in [0.5, 0.6) is 0 Å². The molecule has 1 saturated carbocycles. The van der Waals surface area contributed by atoms with Gasteiger partial charge in [-0.25, -0.2) is 9.97 Å². The maximum Gasteiger partial charge on any atom is 0.270 e. The summed E-state index contributed by atoms with van der Waals surface area (Å²) in [6.45, 7) is 4.03. The van der Waals surface area contributed by atoms with Crippen LogP contribution in [0, 0.1) is 6.92 Å². The van der Waals surface area contributed by atoms with Crippen LogP contribution in [-0.2, 0) is 0 Å². The quantitative estimate of drug-likeness (QED) is 0.907. The van der Waals surface area contributed by atoms with E-state index in [1.165, 1.54) is 6.42 Å². The molecule has 0 unspecified atom stereocenters. The minimum Gasteiger partial charge on any atom is -0.348 e. The first-order valence-corrected chi connectivity index (χ1v) is 7.47. The molecule has 1 amide bonds. The van der Waals surface area contributed by atoms with Crippen molar-refractivity contribution in [1.29, 1.82) is 0 Å². The second-order valence-corrected chi connectivity index (χ2v) is 6.07. The topological polar surface area (TPSA) is 58.1 Å². The Hall–Kier alpha value is -1.49. The molecular formula is C15H22N4O. The minimum absolute atomic E-state index is 0.0524. The summed E-state index contributed by atoms with van der Waals surface area (Å²) in [6, 6.07) is 2.25. The third-order valence-corrected chi connectivity index (χ3v) is 4.05. The Kier molecular flexibility index (Phi) is 3.70. The molecule has 1 aliphatic carbocycles. The molecular weight excluding hydrogens is 252 g/mol. The summed E-state index contributed by atoms with van der Waals surface area (Å²) in [5.41, 5.74) is 1.54. The Morgan fingerprint density at radius 1 is 1.35 bits per heavy atom. The number of hydrogen-bond acceptors (Lipinski definition) is 4. The van der Waals surface area contributed by atoms with Crippen LogP contribution in [0.15, 0.2) is 6.07 Å². The second kappa shape index (κ2) is 5.48. The number of piperidine rings is 1. The molecule has 1 aliphatic heterocycles. The molecule has 5 heteroatoms. The van der Waals surface area contributed by atoms with Gasteiger partial charge in [0, 0.05) is 24.2 Å². The number of likely N-dealkylation sites (N-methyl/N-ethyl adjacent to an activating group) is 1. The van der Waals surface area contributed by atoms with Gasteiger partial charge in [0.15, 0.2) is 0 Å². The number of nitrogens with zero attached hydrogens (tertiary/aromatic N) is 3. The van der Waals surface area contributed by atoms with Crippen LogP contribution in [0.4, 0.5) is 0 Å². The monoisotopic (exact) mass is 274 g/mol. The summed E-state index contributed by atoms with van der Waals surface area (Å²) >= 11 is 0. The molecule has 2 aliphatic rings. The van der Waals surface area contributed by atoms with Gasteiger partial charge in [0.25, 0.3) is 5.91 Å². The highest BCUT2D eigenvalue weighted by Crippen LogP contribution is 2.25. The maximum atomic E-state index is 12.1. The normalized spacial score (nSPS) is 23.6. The fourth-order valence-electron chi connectivity index (χ4n) is 2.81. The lowest BCUT2D eigenvalue weighted by atomic mass is 9.94. The molecule has 108 valence electrons. The highest BCUT2D eigenvalue weighted by Gasteiger charge is 2.26. The number of likely N-dealkylation sites (tertiary alicyclic amines) is 1. The van der Waals surface area contributed by atoms with Gasteiger partial charge in [-0.15, -0.1) is 0 Å². The second-order valence-electron chi connectivity index (χ2n) is 6.07. The predicted molar refractivity (Wildman–Crippen MR) is 76.7 cm³/mol. The molecule has 0 radical (unpaired) electrons. The van der Waals surface area contributed by atoms with Crippen molar-refractivity contribution < 1.29 is 4.79 Å². The Morgan fingerprint density at radius 3 is 2.85 bits per heavy atom. The smallest absolute Gasteiger partial charge is 0.270 e. The van der Waals surface area contributed by atoms with Gasteiger partial charge >= 0.3 is 0 Å². The Balaban J connectivity index is 1.79. The van der Waals surface area contributed by atoms with Gasteiger partial charge in [0.1, 0.15) is 11.5 Å². The number of carbonyl (C=O) groups is 1. The molecule has 0 aromatic carbocycles. The Morgan fingerprint density at radius 2 is 2.15 bits per heavy atom. The molecule has 1 aromatic heterocycles. The first-order chi connectivity index (χ1) is 9.61. The van der Waals surface area contributed by atoms with E-state index in [0.717, 1.165) is 38.0 Å². The van der Waals surface area contributed by atoms with Crippen molar-refractivity contribution in [3.05, 3.63) is 23.3 Å². The Labute approximate surface area is 119 Å². The van der Waals surface area contributed by atoms with E-state index in [0.29, 0.717) is 23.5 Å². The predicted octanol–water partition coefficient (Wildman–Crippen LogP) is 1.49. The van der Waals surface area contributed by atoms with Gasteiger partial charge in [0.2, 0.25) is 0 Å². The number of amides is 1. The van der Waals surface area contributed by atoms with Crippen molar-refractivity contribution in [2.24, 2.45) is 0 Å². The lowest BCUT2D eigenvalue weighted by molar-refractivity contribution is 0.0945. The summed E-state index contributed by atoms with van der Waals surface area (Å²) in [6.07, 6.45) is 4.52. The number of hydrogen-bond donors (Lipinski definition) is 1. The lowest BCUT2D eigenvalue weighted by Gasteiger charge is -2.29. The van der Waals surface area contributed by atoms with Gasteiger partial charge in [-0.1, -0.05) is 0 Å². The third-order valence-electron chi connectivity index (χ3n) is 4.05. The lowest BCUT2D eigenvalue weighted by Crippen LogP contribution is -2.32. The van der Waals surface area contributed by atoms with Gasteiger partial charge in [-0.2, -0.15) is 0 Å². The number of aromatic nitrogens is 2. The fraction of sp³-hybridized carbons (Fsp3) is 0.667. The number of rotatable bonds is 3. The van der Waals surface area contributed by atoms with Crippen molar-refractivity contribution in [1.82, 2.24) is 20.2 Å². The van der Waals surface area contributed by atoms with Gasteiger partial charge in [-0.05, 0) is 52.3 Å². The van der Waals surface area contributed by atoms with Gasteiger partial charge in [-0.3, -0.25) is 4.79 Å². The summed E-state index contributed by atoms with van der Waals surface area (Å²) in [7, 11) is 2.14. The van der Waals surface area contributed by atoms with E-state index < -0.39 is 0 Å². The van der Waals surface area contributed by atoms with Crippen LogP contribution < -0.4 is 5.32 Å². The van der Waals surface area contributed by atoms with Crippen molar-refractivity contribution in [2.75, 3.05) is 20.1 Å². The van der Waals surface area contributed by atoms with Gasteiger partial charge < -0.3 is 10.2 Å². The zero-order chi connectivity index (χ0) is 14.1. The maximum absolute atomic E-state index is 12.1. The first-order valence-electron chi connectivity index (χ1n) is 7.47. The van der Waals surface area contributed by atoms with Crippen molar-refractivity contribution >= 4 is 5.91 Å². The molecule has 1 atom stereocenters. The molecule has 1 saturated heterocycles. The molecule has 5 nitrogen and oxygen atoms in total. The molecule has 3 rings (SSSR count).